The Labute approximate surface area is 212 Å². The van der Waals surface area contributed by atoms with Crippen molar-refractivity contribution in [3.05, 3.63) is 67.7 Å². The number of halogens is 3. The first kappa shape index (κ1) is 25.9. The second kappa shape index (κ2) is 11.6. The molecule has 11 heteroatoms. The van der Waals surface area contributed by atoms with Gasteiger partial charge in [0.05, 0.1) is 26.6 Å². The molecular formula is C23H19BrClFN2O5S. The van der Waals surface area contributed by atoms with E-state index in [-0.39, 0.29) is 32.3 Å². The van der Waals surface area contributed by atoms with Crippen LogP contribution in [0, 0.1) is 5.82 Å². The molecule has 1 aliphatic heterocycles. The first-order valence-corrected chi connectivity index (χ1v) is 12.1. The molecule has 0 aliphatic carbocycles. The SMILES string of the molecule is CCCCOC(=O)c1cc(NC(=O)CN2C(=O)S/C(=C/c3ccc(F)c(Br)c3)C2=O)ccc1Cl. The Bertz CT molecular complexity index is 1190. The third-order valence-electron chi connectivity index (χ3n) is 4.62. The number of nitrogens with zero attached hydrogens (tertiary/aromatic N) is 1. The summed E-state index contributed by atoms with van der Waals surface area (Å²) in [6, 6.07) is 8.47. The molecule has 0 atom stereocenters. The molecule has 2 aromatic carbocycles. The Morgan fingerprint density at radius 2 is 2.00 bits per heavy atom. The fourth-order valence-corrected chi connectivity index (χ4v) is 4.31. The normalized spacial score (nSPS) is 14.6. The van der Waals surface area contributed by atoms with Crippen LogP contribution in [0.2, 0.25) is 5.02 Å². The molecule has 1 saturated heterocycles. The van der Waals surface area contributed by atoms with Crippen LogP contribution in [0.25, 0.3) is 6.08 Å². The highest BCUT2D eigenvalue weighted by atomic mass is 79.9. The minimum absolute atomic E-state index is 0.0927. The average molecular weight is 570 g/mol. The Hall–Kier alpha value is -2.69. The fraction of sp³-hybridized carbons (Fsp3) is 0.217. The fourth-order valence-electron chi connectivity index (χ4n) is 2.88. The number of hydrogen-bond acceptors (Lipinski definition) is 6. The van der Waals surface area contributed by atoms with Crippen LogP contribution in [0.4, 0.5) is 14.9 Å². The van der Waals surface area contributed by atoms with Crippen LogP contribution < -0.4 is 5.32 Å². The maximum Gasteiger partial charge on any atom is 0.339 e. The molecule has 1 fully saturated rings. The summed E-state index contributed by atoms with van der Waals surface area (Å²) in [6.45, 7) is 1.70. The van der Waals surface area contributed by atoms with Gasteiger partial charge in [-0.15, -0.1) is 0 Å². The molecule has 0 aromatic heterocycles. The van der Waals surface area contributed by atoms with Crippen LogP contribution in [0.5, 0.6) is 0 Å². The molecule has 0 saturated carbocycles. The lowest BCUT2D eigenvalue weighted by atomic mass is 10.2. The zero-order chi connectivity index (χ0) is 24.8. The van der Waals surface area contributed by atoms with Crippen molar-refractivity contribution in [3.63, 3.8) is 0 Å². The van der Waals surface area contributed by atoms with E-state index in [0.29, 0.717) is 23.7 Å². The first-order valence-electron chi connectivity index (χ1n) is 10.2. The number of rotatable bonds is 8. The maximum absolute atomic E-state index is 13.4. The van der Waals surface area contributed by atoms with Gasteiger partial charge in [-0.25, -0.2) is 9.18 Å². The van der Waals surface area contributed by atoms with Gasteiger partial charge in [0.2, 0.25) is 5.91 Å². The number of imide groups is 1. The number of thioether (sulfide) groups is 1. The van der Waals surface area contributed by atoms with Gasteiger partial charge in [-0.1, -0.05) is 31.0 Å². The molecule has 1 aliphatic rings. The van der Waals surface area contributed by atoms with Gasteiger partial charge in [-0.3, -0.25) is 19.3 Å². The van der Waals surface area contributed by atoms with E-state index in [1.54, 1.807) is 0 Å². The van der Waals surface area contributed by atoms with E-state index >= 15 is 0 Å². The molecule has 178 valence electrons. The minimum Gasteiger partial charge on any atom is -0.462 e. The summed E-state index contributed by atoms with van der Waals surface area (Å²) in [5, 5.41) is 2.11. The number of carbonyl (C=O) groups excluding carboxylic acids is 4. The van der Waals surface area contributed by atoms with Crippen LogP contribution in [0.1, 0.15) is 35.7 Å². The van der Waals surface area contributed by atoms with Crippen LogP contribution >= 0.6 is 39.3 Å². The second-order valence-corrected chi connectivity index (χ2v) is 9.43. The van der Waals surface area contributed by atoms with Crippen LogP contribution in [0.15, 0.2) is 45.8 Å². The van der Waals surface area contributed by atoms with Crippen molar-refractivity contribution in [3.8, 4) is 0 Å². The third-order valence-corrected chi connectivity index (χ3v) is 6.46. The quantitative estimate of drug-likeness (QED) is 0.243. The zero-order valence-corrected chi connectivity index (χ0v) is 21.1. The first-order chi connectivity index (χ1) is 16.2. The molecule has 2 aromatic rings. The van der Waals surface area contributed by atoms with Crippen LogP contribution in [-0.2, 0) is 14.3 Å². The monoisotopic (exact) mass is 568 g/mol. The lowest BCUT2D eigenvalue weighted by molar-refractivity contribution is -0.127. The van der Waals surface area contributed by atoms with E-state index in [4.69, 9.17) is 16.3 Å². The molecule has 34 heavy (non-hydrogen) atoms. The predicted octanol–water partition coefficient (Wildman–Crippen LogP) is 5.87. The standard InChI is InChI=1S/C23H19BrClFN2O5S/c1-2-3-8-33-22(31)15-11-14(5-6-17(15)25)27-20(29)12-28-21(30)19(34-23(28)32)10-13-4-7-18(26)16(24)9-13/h4-7,9-11H,2-3,8,12H2,1H3,(H,27,29)/b19-10+. The highest BCUT2D eigenvalue weighted by molar-refractivity contribution is 9.10. The summed E-state index contributed by atoms with van der Waals surface area (Å²) < 4.78 is 18.8. The van der Waals surface area contributed by atoms with Gasteiger partial charge in [-0.05, 0) is 76.1 Å². The number of anilines is 1. The highest BCUT2D eigenvalue weighted by Gasteiger charge is 2.36. The van der Waals surface area contributed by atoms with Crippen molar-refractivity contribution >= 4 is 74.1 Å². The number of benzene rings is 2. The number of hydrogen-bond donors (Lipinski definition) is 1. The van der Waals surface area contributed by atoms with Crippen LogP contribution in [-0.4, -0.2) is 41.1 Å². The zero-order valence-electron chi connectivity index (χ0n) is 17.9. The molecule has 0 radical (unpaired) electrons. The molecule has 1 N–H and O–H groups in total. The minimum atomic E-state index is -0.638. The number of nitrogens with one attached hydrogen (secondary N) is 1. The summed E-state index contributed by atoms with van der Waals surface area (Å²) >= 11 is 9.83. The van der Waals surface area contributed by atoms with Crippen molar-refractivity contribution in [1.29, 1.82) is 0 Å². The van der Waals surface area contributed by atoms with Crippen LogP contribution in [0.3, 0.4) is 0 Å². The van der Waals surface area contributed by atoms with E-state index in [9.17, 15) is 23.6 Å². The van der Waals surface area contributed by atoms with Crippen molar-refractivity contribution in [1.82, 2.24) is 4.90 Å². The van der Waals surface area contributed by atoms with Crippen molar-refractivity contribution in [2.45, 2.75) is 19.8 Å². The van der Waals surface area contributed by atoms with Gasteiger partial charge in [-0.2, -0.15) is 0 Å². The lowest BCUT2D eigenvalue weighted by Crippen LogP contribution is -2.36. The second-order valence-electron chi connectivity index (χ2n) is 7.17. The van der Waals surface area contributed by atoms with Crippen molar-refractivity contribution in [2.24, 2.45) is 0 Å². The highest BCUT2D eigenvalue weighted by Crippen LogP contribution is 2.32. The van der Waals surface area contributed by atoms with E-state index in [1.807, 2.05) is 6.92 Å². The van der Waals surface area contributed by atoms with E-state index in [0.717, 1.165) is 11.3 Å². The number of esters is 1. The van der Waals surface area contributed by atoms with Gasteiger partial charge in [0.25, 0.3) is 11.1 Å². The Morgan fingerprint density at radius 3 is 2.71 bits per heavy atom. The summed E-state index contributed by atoms with van der Waals surface area (Å²) in [7, 11) is 0. The Balaban J connectivity index is 1.66. The predicted molar refractivity (Wildman–Crippen MR) is 132 cm³/mol. The van der Waals surface area contributed by atoms with Gasteiger partial charge >= 0.3 is 5.97 Å². The molecule has 1 heterocycles. The van der Waals surface area contributed by atoms with Crippen molar-refractivity contribution < 1.29 is 28.3 Å². The largest absolute Gasteiger partial charge is 0.462 e. The van der Waals surface area contributed by atoms with Gasteiger partial charge in [0.15, 0.2) is 0 Å². The molecule has 3 amide bonds. The Morgan fingerprint density at radius 1 is 1.24 bits per heavy atom. The lowest BCUT2D eigenvalue weighted by Gasteiger charge is -2.13. The summed E-state index contributed by atoms with van der Waals surface area (Å²) in [6.07, 6.45) is 3.02. The van der Waals surface area contributed by atoms with E-state index in [2.05, 4.69) is 21.2 Å². The third kappa shape index (κ3) is 6.46. The average Bonchev–Trinajstić information content (AvgIpc) is 3.05. The number of amides is 3. The summed E-state index contributed by atoms with van der Waals surface area (Å²) in [5.74, 6) is -2.35. The van der Waals surface area contributed by atoms with Gasteiger partial charge in [0.1, 0.15) is 12.4 Å². The molecule has 0 bridgehead atoms. The summed E-state index contributed by atoms with van der Waals surface area (Å²) in [5.41, 5.74) is 0.869. The molecule has 3 rings (SSSR count). The number of unbranched alkanes of at least 4 members (excludes halogenated alkanes) is 1. The van der Waals surface area contributed by atoms with Gasteiger partial charge in [0, 0.05) is 5.69 Å². The molecular weight excluding hydrogens is 551 g/mol. The smallest absolute Gasteiger partial charge is 0.339 e. The molecule has 0 spiro atoms. The number of ether oxygens (including phenoxy) is 1. The van der Waals surface area contributed by atoms with E-state index in [1.165, 1.54) is 42.5 Å². The number of carbonyl (C=O) groups is 4. The maximum atomic E-state index is 13.4. The van der Waals surface area contributed by atoms with Crippen molar-refractivity contribution in [2.75, 3.05) is 18.5 Å². The molecule has 7 nitrogen and oxygen atoms in total. The topological polar surface area (TPSA) is 92.8 Å². The summed E-state index contributed by atoms with van der Waals surface area (Å²) in [4.78, 5) is 50.6. The Kier molecular flexibility index (Phi) is 8.87. The van der Waals surface area contributed by atoms with E-state index < -0.39 is 35.4 Å². The van der Waals surface area contributed by atoms with Gasteiger partial charge < -0.3 is 10.1 Å². The molecule has 0 unspecified atom stereocenters.